The fourth-order valence-electron chi connectivity index (χ4n) is 6.92. The third-order valence-corrected chi connectivity index (χ3v) is 8.49. The van der Waals surface area contributed by atoms with Crippen LogP contribution in [0.4, 0.5) is 0 Å². The first kappa shape index (κ1) is 22.7. The molecule has 172 valence electrons. The molecule has 0 spiro atoms. The van der Waals surface area contributed by atoms with Crippen LogP contribution in [0.3, 0.4) is 0 Å². The molecule has 31 heavy (non-hydrogen) atoms. The molecule has 6 heteroatoms. The first-order valence-electron chi connectivity index (χ1n) is 11.7. The Morgan fingerprint density at radius 3 is 2.55 bits per heavy atom. The van der Waals surface area contributed by atoms with Crippen molar-refractivity contribution in [2.45, 2.75) is 83.5 Å². The quantitative estimate of drug-likeness (QED) is 0.339. The molecule has 4 aliphatic carbocycles. The molecule has 0 amide bonds. The highest BCUT2D eigenvalue weighted by molar-refractivity contribution is 6.04. The van der Waals surface area contributed by atoms with E-state index in [-0.39, 0.29) is 48.6 Å². The highest BCUT2D eigenvalue weighted by Gasteiger charge is 2.75. The molecule has 0 unspecified atom stereocenters. The van der Waals surface area contributed by atoms with Gasteiger partial charge in [-0.15, -0.1) is 0 Å². The Morgan fingerprint density at radius 1 is 1.19 bits per heavy atom. The summed E-state index contributed by atoms with van der Waals surface area (Å²) >= 11 is 0. The number of ketones is 1. The van der Waals surface area contributed by atoms with Gasteiger partial charge in [0.2, 0.25) is 0 Å². The minimum absolute atomic E-state index is 0.0128. The molecule has 0 radical (unpaired) electrons. The van der Waals surface area contributed by atoms with Crippen LogP contribution in [0.2, 0.25) is 0 Å². The molecule has 0 bridgehead atoms. The van der Waals surface area contributed by atoms with Crippen molar-refractivity contribution in [2.75, 3.05) is 6.61 Å². The van der Waals surface area contributed by atoms with Gasteiger partial charge < -0.3 is 20.1 Å². The number of aliphatic hydroxyl groups is 3. The van der Waals surface area contributed by atoms with Crippen LogP contribution in [-0.4, -0.2) is 51.0 Å². The van der Waals surface area contributed by atoms with Gasteiger partial charge >= 0.3 is 5.97 Å². The summed E-state index contributed by atoms with van der Waals surface area (Å²) in [7, 11) is 0. The van der Waals surface area contributed by atoms with Gasteiger partial charge in [-0.3, -0.25) is 9.59 Å². The minimum Gasteiger partial charge on any atom is -0.462 e. The maximum absolute atomic E-state index is 12.9. The molecule has 0 heterocycles. The minimum atomic E-state index is -1.77. The number of ether oxygens (including phenoxy) is 1. The predicted molar refractivity (Wildman–Crippen MR) is 115 cm³/mol. The van der Waals surface area contributed by atoms with Crippen molar-refractivity contribution in [1.29, 1.82) is 0 Å². The monoisotopic (exact) mass is 432 g/mol. The van der Waals surface area contributed by atoms with E-state index < -0.39 is 29.0 Å². The standard InChI is InChI=1S/C25H36O6/c1-5-6-7-8-19(27)31-17-12-24(29)16(20-21(17)23(20,3)4)10-15(13-26)11-25(30)18(24)9-14(2)22(25)28/h9-10,16-18,20-21,26,29-30H,5-8,11-13H2,1-4H3/t16-,17+,18-,20-,21+,24+,25+/m0/s1. The van der Waals surface area contributed by atoms with E-state index in [1.165, 1.54) is 0 Å². The molecule has 6 nitrogen and oxygen atoms in total. The van der Waals surface area contributed by atoms with Crippen LogP contribution in [-0.2, 0) is 14.3 Å². The second-order valence-corrected chi connectivity index (χ2v) is 10.8. The van der Waals surface area contributed by atoms with Crippen molar-refractivity contribution < 1.29 is 29.6 Å². The average molecular weight is 433 g/mol. The van der Waals surface area contributed by atoms with Crippen molar-refractivity contribution in [1.82, 2.24) is 0 Å². The van der Waals surface area contributed by atoms with Crippen molar-refractivity contribution in [3.8, 4) is 0 Å². The van der Waals surface area contributed by atoms with Crippen LogP contribution in [0.15, 0.2) is 23.3 Å². The lowest BCUT2D eigenvalue weighted by Crippen LogP contribution is -2.58. The SMILES string of the molecule is CCCCCC(=O)O[C@@H]1C[C@@]2(O)[C@@H](C=C(CO)C[C@]3(O)C(=O)C(C)=C[C@@H]23)[C@H]2[C@@H]1C2(C)C. The molecule has 0 aromatic heterocycles. The van der Waals surface area contributed by atoms with E-state index in [0.717, 1.165) is 19.3 Å². The van der Waals surface area contributed by atoms with Crippen molar-refractivity contribution in [2.24, 2.45) is 29.1 Å². The van der Waals surface area contributed by atoms with Crippen molar-refractivity contribution >= 4 is 11.8 Å². The average Bonchev–Trinajstić information content (AvgIpc) is 3.22. The van der Waals surface area contributed by atoms with Crippen LogP contribution >= 0.6 is 0 Å². The summed E-state index contributed by atoms with van der Waals surface area (Å²) in [4.78, 5) is 25.4. The fraction of sp³-hybridized carbons (Fsp3) is 0.760. The van der Waals surface area contributed by atoms with Gasteiger partial charge in [0.05, 0.1) is 12.2 Å². The highest BCUT2D eigenvalue weighted by Crippen LogP contribution is 2.72. The predicted octanol–water partition coefficient (Wildman–Crippen LogP) is 2.70. The van der Waals surface area contributed by atoms with E-state index in [4.69, 9.17) is 4.74 Å². The van der Waals surface area contributed by atoms with Crippen LogP contribution in [0.25, 0.3) is 0 Å². The number of unbranched alkanes of at least 4 members (excludes halogenated alkanes) is 2. The van der Waals surface area contributed by atoms with Crippen LogP contribution in [0.5, 0.6) is 0 Å². The Morgan fingerprint density at radius 2 is 1.90 bits per heavy atom. The zero-order valence-corrected chi connectivity index (χ0v) is 19.1. The van der Waals surface area contributed by atoms with Gasteiger partial charge in [0.15, 0.2) is 5.78 Å². The van der Waals surface area contributed by atoms with Crippen LogP contribution in [0.1, 0.15) is 66.2 Å². The van der Waals surface area contributed by atoms with Gasteiger partial charge in [-0.05, 0) is 35.8 Å². The van der Waals surface area contributed by atoms with Crippen molar-refractivity contribution in [3.63, 3.8) is 0 Å². The number of esters is 1. The van der Waals surface area contributed by atoms with Gasteiger partial charge in [0, 0.05) is 37.0 Å². The highest BCUT2D eigenvalue weighted by atomic mass is 16.5. The smallest absolute Gasteiger partial charge is 0.306 e. The number of Topliss-reactive ketones (excluding diaryl/α,β-unsaturated/α-hetero) is 1. The number of aliphatic hydroxyl groups excluding tert-OH is 1. The largest absolute Gasteiger partial charge is 0.462 e. The molecular weight excluding hydrogens is 396 g/mol. The molecule has 0 aliphatic heterocycles. The second-order valence-electron chi connectivity index (χ2n) is 10.8. The van der Waals surface area contributed by atoms with E-state index in [9.17, 15) is 24.9 Å². The number of hydrogen-bond donors (Lipinski definition) is 3. The Kier molecular flexibility index (Phi) is 5.51. The lowest BCUT2D eigenvalue weighted by Gasteiger charge is -2.47. The topological polar surface area (TPSA) is 104 Å². The summed E-state index contributed by atoms with van der Waals surface area (Å²) in [6.07, 6.45) is 6.47. The Labute approximate surface area is 184 Å². The molecule has 0 aromatic rings. The third kappa shape index (κ3) is 3.33. The number of rotatable bonds is 6. The molecule has 7 atom stereocenters. The zero-order chi connectivity index (χ0) is 22.8. The van der Waals surface area contributed by atoms with Gasteiger partial charge in [0.25, 0.3) is 0 Å². The zero-order valence-electron chi connectivity index (χ0n) is 19.1. The molecule has 0 aromatic carbocycles. The van der Waals surface area contributed by atoms with Crippen LogP contribution < -0.4 is 0 Å². The second kappa shape index (κ2) is 7.53. The number of carbonyl (C=O) groups is 2. The molecule has 2 saturated carbocycles. The van der Waals surface area contributed by atoms with E-state index in [0.29, 0.717) is 17.6 Å². The normalized spacial score (nSPS) is 42.5. The number of hydrogen-bond acceptors (Lipinski definition) is 6. The van der Waals surface area contributed by atoms with E-state index in [2.05, 4.69) is 20.8 Å². The summed E-state index contributed by atoms with van der Waals surface area (Å²) in [5.74, 6) is -1.59. The summed E-state index contributed by atoms with van der Waals surface area (Å²) in [5.41, 5.74) is -2.33. The van der Waals surface area contributed by atoms with Gasteiger partial charge in [-0.2, -0.15) is 0 Å². The number of fused-ring (bicyclic) bond motifs is 5. The molecule has 4 aliphatic rings. The molecule has 2 fully saturated rings. The molecule has 0 saturated heterocycles. The van der Waals surface area contributed by atoms with Crippen molar-refractivity contribution in [3.05, 3.63) is 23.3 Å². The van der Waals surface area contributed by atoms with Gasteiger partial charge in [-0.25, -0.2) is 0 Å². The van der Waals surface area contributed by atoms with E-state index in [1.54, 1.807) is 13.0 Å². The van der Waals surface area contributed by atoms with Gasteiger partial charge in [-0.1, -0.05) is 45.8 Å². The maximum Gasteiger partial charge on any atom is 0.306 e. The fourth-order valence-corrected chi connectivity index (χ4v) is 6.92. The molecule has 3 N–H and O–H groups in total. The van der Waals surface area contributed by atoms with Crippen LogP contribution in [0, 0.1) is 29.1 Å². The Hall–Kier alpha value is -1.50. The van der Waals surface area contributed by atoms with E-state index >= 15 is 0 Å². The van der Waals surface area contributed by atoms with Gasteiger partial charge in [0.1, 0.15) is 11.7 Å². The molecule has 4 rings (SSSR count). The maximum atomic E-state index is 12.9. The number of carbonyl (C=O) groups excluding carboxylic acids is 2. The Bertz CT molecular complexity index is 841. The lowest BCUT2D eigenvalue weighted by atomic mass is 9.64. The first-order chi connectivity index (χ1) is 14.5. The molecular formula is C25H36O6. The lowest BCUT2D eigenvalue weighted by molar-refractivity contribution is -0.176. The first-order valence-corrected chi connectivity index (χ1v) is 11.7. The van der Waals surface area contributed by atoms with E-state index in [1.807, 2.05) is 6.08 Å². The summed E-state index contributed by atoms with van der Waals surface area (Å²) in [5, 5.41) is 33.5. The summed E-state index contributed by atoms with van der Waals surface area (Å²) in [6, 6.07) is 0. The summed E-state index contributed by atoms with van der Waals surface area (Å²) < 4.78 is 5.91. The third-order valence-electron chi connectivity index (χ3n) is 8.49. The summed E-state index contributed by atoms with van der Waals surface area (Å²) in [6.45, 7) is 7.72. The Balaban J connectivity index is 1.70.